The monoisotopic (exact) mass is 162 g/mol. The third kappa shape index (κ3) is 1300. The quantitative estimate of drug-likeness (QED) is 0.579. The highest BCUT2D eigenvalue weighted by molar-refractivity contribution is 4.22. The van der Waals surface area contributed by atoms with Gasteiger partial charge in [0.05, 0.1) is 0 Å². The summed E-state index contributed by atoms with van der Waals surface area (Å²) in [6.07, 6.45) is 0. The zero-order chi connectivity index (χ0) is 10.1. The minimum Gasteiger partial charge on any atom is -0.331 e. The molecule has 11 heavy (non-hydrogen) atoms. The van der Waals surface area contributed by atoms with E-state index in [1.54, 1.807) is 0 Å². The molecular weight excluding hydrogens is 136 g/mol. The SMILES string of the molecule is C=C.CC.CCN.CCNC. The Hall–Kier alpha value is -0.340. The molecule has 0 aromatic heterocycles. The van der Waals surface area contributed by atoms with Gasteiger partial charge in [-0.05, 0) is 20.1 Å². The van der Waals surface area contributed by atoms with Crippen molar-refractivity contribution in [1.29, 1.82) is 0 Å². The summed E-state index contributed by atoms with van der Waals surface area (Å²) in [7, 11) is 1.93. The topological polar surface area (TPSA) is 38.0 Å². The minimum absolute atomic E-state index is 0.750. The summed E-state index contributed by atoms with van der Waals surface area (Å²) in [6.45, 7) is 15.8. The van der Waals surface area contributed by atoms with Crippen molar-refractivity contribution < 1.29 is 0 Å². The van der Waals surface area contributed by atoms with Crippen LogP contribution in [0, 0.1) is 0 Å². The fraction of sp³-hybridized carbons (Fsp3) is 0.778. The number of rotatable bonds is 1. The molecule has 72 valence electrons. The zero-order valence-corrected chi connectivity index (χ0v) is 8.91. The smallest absolute Gasteiger partial charge is 0.00804 e. The van der Waals surface area contributed by atoms with E-state index in [-0.39, 0.29) is 0 Å². The maximum atomic E-state index is 4.85. The van der Waals surface area contributed by atoms with E-state index in [1.807, 2.05) is 27.8 Å². The number of nitrogens with two attached hydrogens (primary N) is 1. The summed E-state index contributed by atoms with van der Waals surface area (Å²) in [4.78, 5) is 0. The van der Waals surface area contributed by atoms with Crippen molar-refractivity contribution in [2.24, 2.45) is 5.73 Å². The largest absolute Gasteiger partial charge is 0.331 e. The van der Waals surface area contributed by atoms with E-state index < -0.39 is 0 Å². The molecule has 0 spiro atoms. The molecule has 0 aromatic rings. The molecule has 3 N–H and O–H groups in total. The second kappa shape index (κ2) is 102. The highest BCUT2D eigenvalue weighted by Crippen LogP contribution is 1.34. The zero-order valence-electron chi connectivity index (χ0n) is 8.91. The van der Waals surface area contributed by atoms with Gasteiger partial charge in [0, 0.05) is 0 Å². The van der Waals surface area contributed by atoms with Crippen molar-refractivity contribution in [2.45, 2.75) is 27.7 Å². The molecule has 0 saturated carbocycles. The van der Waals surface area contributed by atoms with Gasteiger partial charge in [-0.2, -0.15) is 0 Å². The molecule has 0 amide bonds. The van der Waals surface area contributed by atoms with E-state index in [9.17, 15) is 0 Å². The predicted molar refractivity (Wildman–Crippen MR) is 56.9 cm³/mol. The first-order valence-corrected chi connectivity index (χ1v) is 4.18. The molecule has 0 aliphatic heterocycles. The van der Waals surface area contributed by atoms with Crippen LogP contribution in [-0.2, 0) is 0 Å². The summed E-state index contributed by atoms with van der Waals surface area (Å²) in [5.41, 5.74) is 4.85. The molecule has 0 fully saturated rings. The molecule has 0 aliphatic rings. The molecule has 2 heteroatoms. The average Bonchev–Trinajstić information content (AvgIpc) is 2.12. The highest BCUT2D eigenvalue weighted by atomic mass is 14.8. The molecule has 0 bridgehead atoms. The molecule has 0 atom stereocenters. The summed E-state index contributed by atoms with van der Waals surface area (Å²) in [5.74, 6) is 0. The lowest BCUT2D eigenvalue weighted by Crippen LogP contribution is -2.01. The molecule has 0 aromatic carbocycles. The maximum absolute atomic E-state index is 4.85. The number of nitrogens with one attached hydrogen (secondary N) is 1. The minimum atomic E-state index is 0.750. The van der Waals surface area contributed by atoms with E-state index in [0.717, 1.165) is 13.1 Å². The van der Waals surface area contributed by atoms with Crippen LogP contribution in [0.3, 0.4) is 0 Å². The highest BCUT2D eigenvalue weighted by Gasteiger charge is 1.50. The lowest BCUT2D eigenvalue weighted by atomic mass is 10.8. The summed E-state index contributed by atoms with van der Waals surface area (Å²) < 4.78 is 0. The lowest BCUT2D eigenvalue weighted by Gasteiger charge is -1.76. The first-order valence-electron chi connectivity index (χ1n) is 4.18. The Balaban J connectivity index is -0.0000000315. The van der Waals surface area contributed by atoms with Crippen molar-refractivity contribution in [3.8, 4) is 0 Å². The Morgan fingerprint density at radius 2 is 1.27 bits per heavy atom. The Labute approximate surface area is 72.9 Å². The maximum Gasteiger partial charge on any atom is -0.00804 e. The van der Waals surface area contributed by atoms with Gasteiger partial charge in [0.25, 0.3) is 0 Å². The van der Waals surface area contributed by atoms with E-state index in [0.29, 0.717) is 0 Å². The van der Waals surface area contributed by atoms with Gasteiger partial charge in [0.2, 0.25) is 0 Å². The Kier molecular flexibility index (Phi) is 209. The lowest BCUT2D eigenvalue weighted by molar-refractivity contribution is 0.864. The van der Waals surface area contributed by atoms with Crippen molar-refractivity contribution in [3.63, 3.8) is 0 Å². The molecule has 0 unspecified atom stereocenters. The van der Waals surface area contributed by atoms with Crippen LogP contribution in [-0.4, -0.2) is 20.1 Å². The molecular formula is C9H26N2. The van der Waals surface area contributed by atoms with Crippen molar-refractivity contribution in [2.75, 3.05) is 20.1 Å². The number of hydrogen-bond acceptors (Lipinski definition) is 2. The van der Waals surface area contributed by atoms with Gasteiger partial charge >= 0.3 is 0 Å². The predicted octanol–water partition coefficient (Wildman–Crippen LogP) is 2.02. The Morgan fingerprint density at radius 3 is 1.27 bits per heavy atom. The summed E-state index contributed by atoms with van der Waals surface area (Å²) in [5, 5.41) is 2.93. The molecule has 2 nitrogen and oxygen atoms in total. The second-order valence-electron chi connectivity index (χ2n) is 1.12. The summed E-state index contributed by atoms with van der Waals surface area (Å²) in [6, 6.07) is 0. The van der Waals surface area contributed by atoms with Crippen LogP contribution in [0.5, 0.6) is 0 Å². The molecule has 0 radical (unpaired) electrons. The van der Waals surface area contributed by atoms with Gasteiger partial charge in [0.15, 0.2) is 0 Å². The summed E-state index contributed by atoms with van der Waals surface area (Å²) >= 11 is 0. The number of hydrogen-bond donors (Lipinski definition) is 2. The van der Waals surface area contributed by atoms with Crippen LogP contribution in [0.25, 0.3) is 0 Å². The fourth-order valence-corrected chi connectivity index (χ4v) is 0. The Morgan fingerprint density at radius 1 is 1.18 bits per heavy atom. The van der Waals surface area contributed by atoms with E-state index in [2.05, 4.69) is 25.4 Å². The molecule has 0 rings (SSSR count). The van der Waals surface area contributed by atoms with Crippen LogP contribution in [0.4, 0.5) is 0 Å². The van der Waals surface area contributed by atoms with Crippen molar-refractivity contribution >= 4 is 0 Å². The standard InChI is InChI=1S/C3H9N.C2H7N.C2H6.C2H4/c1-3-4-2;1-2-3;2*1-2/h4H,3H2,1-2H3;2-3H2,1H3;1-2H3;1-2H2. The van der Waals surface area contributed by atoms with Crippen molar-refractivity contribution in [1.82, 2.24) is 5.32 Å². The molecule has 0 aliphatic carbocycles. The second-order valence-corrected chi connectivity index (χ2v) is 1.12. The first-order chi connectivity index (χ1) is 5.33. The van der Waals surface area contributed by atoms with Gasteiger partial charge in [-0.1, -0.05) is 27.7 Å². The van der Waals surface area contributed by atoms with Gasteiger partial charge < -0.3 is 11.1 Å². The van der Waals surface area contributed by atoms with Crippen LogP contribution in [0.2, 0.25) is 0 Å². The van der Waals surface area contributed by atoms with Crippen LogP contribution < -0.4 is 11.1 Å². The molecule has 0 saturated heterocycles. The van der Waals surface area contributed by atoms with Gasteiger partial charge in [0.1, 0.15) is 0 Å². The third-order valence-corrected chi connectivity index (χ3v) is 0.354. The van der Waals surface area contributed by atoms with Gasteiger partial charge in [-0.15, -0.1) is 13.2 Å². The molecule has 0 heterocycles. The van der Waals surface area contributed by atoms with E-state index in [1.165, 1.54) is 0 Å². The van der Waals surface area contributed by atoms with Gasteiger partial charge in [-0.25, -0.2) is 0 Å². The third-order valence-electron chi connectivity index (χ3n) is 0.354. The fourth-order valence-electron chi connectivity index (χ4n) is 0. The van der Waals surface area contributed by atoms with E-state index >= 15 is 0 Å². The van der Waals surface area contributed by atoms with Crippen LogP contribution >= 0.6 is 0 Å². The first kappa shape index (κ1) is 22.4. The average molecular weight is 162 g/mol. The Bertz CT molecular complexity index is 21.5. The van der Waals surface area contributed by atoms with Crippen LogP contribution in [0.1, 0.15) is 27.7 Å². The van der Waals surface area contributed by atoms with E-state index in [4.69, 9.17) is 5.73 Å². The van der Waals surface area contributed by atoms with Crippen molar-refractivity contribution in [3.05, 3.63) is 13.2 Å². The normalized spacial score (nSPS) is 5.27. The van der Waals surface area contributed by atoms with Gasteiger partial charge in [-0.3, -0.25) is 0 Å². The van der Waals surface area contributed by atoms with Crippen LogP contribution in [0.15, 0.2) is 13.2 Å².